The smallest absolute Gasteiger partial charge is 0.0705 e. The Labute approximate surface area is 102 Å². The van der Waals surface area contributed by atoms with Crippen LogP contribution in [0.15, 0.2) is 30.3 Å². The highest BCUT2D eigenvalue weighted by Gasteiger charge is 2.12. The Bertz CT molecular complexity index is 520. The van der Waals surface area contributed by atoms with Crippen LogP contribution in [0.1, 0.15) is 17.3 Å². The third-order valence-corrected chi connectivity index (χ3v) is 3.08. The number of pyridine rings is 1. The summed E-state index contributed by atoms with van der Waals surface area (Å²) in [4.78, 5) is 6.64. The number of nitrogens with zero attached hydrogens (tertiary/aromatic N) is 2. The molecule has 1 aromatic carbocycles. The van der Waals surface area contributed by atoms with Crippen LogP contribution in [0.2, 0.25) is 0 Å². The average Bonchev–Trinajstić information content (AvgIpc) is 2.29. The summed E-state index contributed by atoms with van der Waals surface area (Å²) >= 11 is 0. The summed E-state index contributed by atoms with van der Waals surface area (Å²) in [7, 11) is 4.10. The maximum atomic E-state index is 5.82. The quantitative estimate of drug-likeness (QED) is 0.876. The van der Waals surface area contributed by atoms with Crippen LogP contribution >= 0.6 is 0 Å². The lowest BCUT2D eigenvalue weighted by atomic mass is 10.0. The zero-order valence-corrected chi connectivity index (χ0v) is 10.6. The number of nitrogens with two attached hydrogens (primary N) is 1. The Morgan fingerprint density at radius 2 is 2.00 bits per heavy atom. The standard InChI is InChI=1S/C14H19N3/c1-10-4-5-11-8-12(6-7-13(11)16-10)14(9-15)17(2)3/h4-8,14H,9,15H2,1-3H3. The molecule has 3 heteroatoms. The highest BCUT2D eigenvalue weighted by Crippen LogP contribution is 2.21. The second-order valence-corrected chi connectivity index (χ2v) is 4.62. The molecule has 1 unspecified atom stereocenters. The number of fused-ring (bicyclic) bond motifs is 1. The van der Waals surface area contributed by atoms with E-state index in [0.29, 0.717) is 6.54 Å². The summed E-state index contributed by atoms with van der Waals surface area (Å²) in [6, 6.07) is 10.8. The highest BCUT2D eigenvalue weighted by molar-refractivity contribution is 5.79. The molecule has 0 aliphatic carbocycles. The van der Waals surface area contributed by atoms with Gasteiger partial charge in [-0.05, 0) is 44.8 Å². The predicted octanol–water partition coefficient (Wildman–Crippen LogP) is 2.10. The number of aromatic nitrogens is 1. The van der Waals surface area contributed by atoms with Crippen LogP contribution in [0.4, 0.5) is 0 Å². The van der Waals surface area contributed by atoms with Crippen molar-refractivity contribution in [3.63, 3.8) is 0 Å². The van der Waals surface area contributed by atoms with Gasteiger partial charge in [-0.3, -0.25) is 4.98 Å². The maximum absolute atomic E-state index is 5.82. The second kappa shape index (κ2) is 4.82. The van der Waals surface area contributed by atoms with Crippen LogP contribution in [0.25, 0.3) is 10.9 Å². The number of hydrogen-bond acceptors (Lipinski definition) is 3. The molecule has 90 valence electrons. The minimum atomic E-state index is 0.265. The minimum Gasteiger partial charge on any atom is -0.329 e. The molecule has 3 nitrogen and oxygen atoms in total. The fourth-order valence-electron chi connectivity index (χ4n) is 2.10. The summed E-state index contributed by atoms with van der Waals surface area (Å²) in [6.45, 7) is 2.63. The van der Waals surface area contributed by atoms with Gasteiger partial charge in [0.2, 0.25) is 0 Å². The van der Waals surface area contributed by atoms with Crippen LogP contribution in [0.3, 0.4) is 0 Å². The first-order chi connectivity index (χ1) is 8.11. The van der Waals surface area contributed by atoms with Gasteiger partial charge < -0.3 is 10.6 Å². The number of rotatable bonds is 3. The second-order valence-electron chi connectivity index (χ2n) is 4.62. The summed E-state index contributed by atoms with van der Waals surface area (Å²) in [5.74, 6) is 0. The third kappa shape index (κ3) is 2.46. The van der Waals surface area contributed by atoms with Crippen LogP contribution < -0.4 is 5.73 Å². The van der Waals surface area contributed by atoms with Gasteiger partial charge in [-0.1, -0.05) is 12.1 Å². The number of hydrogen-bond donors (Lipinski definition) is 1. The van der Waals surface area contributed by atoms with E-state index in [9.17, 15) is 0 Å². The van der Waals surface area contributed by atoms with Gasteiger partial charge in [0, 0.05) is 23.7 Å². The molecule has 0 radical (unpaired) electrons. The van der Waals surface area contributed by atoms with E-state index < -0.39 is 0 Å². The minimum absolute atomic E-state index is 0.265. The van der Waals surface area contributed by atoms with Crippen LogP contribution in [0.5, 0.6) is 0 Å². The molecule has 1 heterocycles. The fourth-order valence-corrected chi connectivity index (χ4v) is 2.10. The van der Waals surface area contributed by atoms with E-state index in [2.05, 4.69) is 48.2 Å². The Hall–Kier alpha value is -1.45. The van der Waals surface area contributed by atoms with Crippen molar-refractivity contribution in [1.82, 2.24) is 9.88 Å². The SMILES string of the molecule is Cc1ccc2cc(C(CN)N(C)C)ccc2n1. The van der Waals surface area contributed by atoms with Crippen molar-refractivity contribution in [3.05, 3.63) is 41.6 Å². The van der Waals surface area contributed by atoms with Crippen LogP contribution in [-0.2, 0) is 0 Å². The van der Waals surface area contributed by atoms with E-state index >= 15 is 0 Å². The van der Waals surface area contributed by atoms with E-state index in [1.165, 1.54) is 10.9 Å². The Morgan fingerprint density at radius 3 is 2.65 bits per heavy atom. The highest BCUT2D eigenvalue weighted by atomic mass is 15.1. The first-order valence-electron chi connectivity index (χ1n) is 5.85. The summed E-state index contributed by atoms with van der Waals surface area (Å²) in [5, 5.41) is 1.17. The van der Waals surface area contributed by atoms with Crippen molar-refractivity contribution in [2.75, 3.05) is 20.6 Å². The van der Waals surface area contributed by atoms with Gasteiger partial charge in [0.1, 0.15) is 0 Å². The van der Waals surface area contributed by atoms with Gasteiger partial charge in [0.25, 0.3) is 0 Å². The van der Waals surface area contributed by atoms with E-state index in [-0.39, 0.29) is 6.04 Å². The molecule has 17 heavy (non-hydrogen) atoms. The van der Waals surface area contributed by atoms with E-state index in [1.54, 1.807) is 0 Å². The van der Waals surface area contributed by atoms with Crippen molar-refractivity contribution in [3.8, 4) is 0 Å². The van der Waals surface area contributed by atoms with Crippen molar-refractivity contribution in [2.24, 2.45) is 5.73 Å². The molecule has 0 aliphatic heterocycles. The third-order valence-electron chi connectivity index (χ3n) is 3.08. The molecule has 1 atom stereocenters. The molecule has 0 bridgehead atoms. The Morgan fingerprint density at radius 1 is 1.24 bits per heavy atom. The van der Waals surface area contributed by atoms with Gasteiger partial charge in [-0.15, -0.1) is 0 Å². The van der Waals surface area contributed by atoms with Gasteiger partial charge in [-0.25, -0.2) is 0 Å². The fraction of sp³-hybridized carbons (Fsp3) is 0.357. The normalized spacial score (nSPS) is 13.2. The van der Waals surface area contributed by atoms with Crippen molar-refractivity contribution < 1.29 is 0 Å². The molecule has 0 saturated carbocycles. The first kappa shape index (κ1) is 12.0. The molecule has 0 spiro atoms. The molecule has 2 aromatic rings. The summed E-state index contributed by atoms with van der Waals surface area (Å²) in [6.07, 6.45) is 0. The number of aryl methyl sites for hydroxylation is 1. The molecule has 0 aliphatic rings. The zero-order valence-electron chi connectivity index (χ0n) is 10.6. The molecule has 2 N–H and O–H groups in total. The van der Waals surface area contributed by atoms with Gasteiger partial charge in [-0.2, -0.15) is 0 Å². The molecular formula is C14H19N3. The van der Waals surface area contributed by atoms with Crippen molar-refractivity contribution >= 4 is 10.9 Å². The van der Waals surface area contributed by atoms with Crippen LogP contribution in [0, 0.1) is 6.92 Å². The largest absolute Gasteiger partial charge is 0.329 e. The molecular weight excluding hydrogens is 210 g/mol. The molecule has 0 fully saturated rings. The predicted molar refractivity (Wildman–Crippen MR) is 72.0 cm³/mol. The summed E-state index contributed by atoms with van der Waals surface area (Å²) in [5.41, 5.74) is 9.16. The average molecular weight is 229 g/mol. The van der Waals surface area contributed by atoms with E-state index in [1.807, 2.05) is 13.0 Å². The molecule has 0 saturated heterocycles. The lowest BCUT2D eigenvalue weighted by Crippen LogP contribution is -2.27. The van der Waals surface area contributed by atoms with Gasteiger partial charge in [0.05, 0.1) is 5.52 Å². The van der Waals surface area contributed by atoms with E-state index in [0.717, 1.165) is 11.2 Å². The Kier molecular flexibility index (Phi) is 3.41. The van der Waals surface area contributed by atoms with Crippen molar-refractivity contribution in [1.29, 1.82) is 0 Å². The van der Waals surface area contributed by atoms with E-state index in [4.69, 9.17) is 5.73 Å². The van der Waals surface area contributed by atoms with Gasteiger partial charge in [0.15, 0.2) is 0 Å². The lowest BCUT2D eigenvalue weighted by molar-refractivity contribution is 0.306. The molecule has 2 rings (SSSR count). The zero-order chi connectivity index (χ0) is 12.4. The summed E-state index contributed by atoms with van der Waals surface area (Å²) < 4.78 is 0. The van der Waals surface area contributed by atoms with Gasteiger partial charge >= 0.3 is 0 Å². The topological polar surface area (TPSA) is 42.1 Å². The van der Waals surface area contributed by atoms with Crippen molar-refractivity contribution in [2.45, 2.75) is 13.0 Å². The molecule has 0 amide bonds. The monoisotopic (exact) mass is 229 g/mol. The number of likely N-dealkylation sites (N-methyl/N-ethyl adjacent to an activating group) is 1. The number of benzene rings is 1. The maximum Gasteiger partial charge on any atom is 0.0705 e. The Balaban J connectivity index is 2.47. The first-order valence-corrected chi connectivity index (χ1v) is 5.85. The molecule has 1 aromatic heterocycles. The lowest BCUT2D eigenvalue weighted by Gasteiger charge is -2.23. The van der Waals surface area contributed by atoms with Crippen LogP contribution in [-0.4, -0.2) is 30.5 Å².